The minimum Gasteiger partial charge on any atom is -0.328 e. The lowest BCUT2D eigenvalue weighted by Crippen LogP contribution is -2.41. The predicted octanol–water partition coefficient (Wildman–Crippen LogP) is 5.10. The van der Waals surface area contributed by atoms with E-state index >= 15 is 0 Å². The number of nitrogens with one attached hydrogen (secondary N) is 1. The zero-order valence-electron chi connectivity index (χ0n) is 22.5. The molecule has 1 saturated heterocycles. The molecule has 5 heterocycles. The number of aromatic nitrogens is 5. The van der Waals surface area contributed by atoms with Crippen molar-refractivity contribution >= 4 is 22.8 Å². The maximum Gasteiger partial charge on any atom is 0.229 e. The number of halogens is 2. The van der Waals surface area contributed by atoms with Gasteiger partial charge < -0.3 is 14.8 Å². The molecule has 2 aliphatic heterocycles. The Morgan fingerprint density at radius 2 is 1.87 bits per heavy atom. The Bertz CT molecular complexity index is 1460. The van der Waals surface area contributed by atoms with Crippen LogP contribution in [0.5, 0.6) is 0 Å². The Morgan fingerprint density at radius 1 is 1.03 bits per heavy atom. The van der Waals surface area contributed by atoms with Gasteiger partial charge in [-0.1, -0.05) is 6.07 Å². The van der Waals surface area contributed by atoms with E-state index in [1.54, 1.807) is 6.07 Å². The van der Waals surface area contributed by atoms with E-state index in [9.17, 15) is 8.78 Å². The fourth-order valence-electron chi connectivity index (χ4n) is 5.76. The first-order chi connectivity index (χ1) is 19.0. The number of pyridine rings is 1. The molecule has 1 fully saturated rings. The van der Waals surface area contributed by atoms with E-state index in [0.29, 0.717) is 28.5 Å². The van der Waals surface area contributed by atoms with Crippen LogP contribution in [0.4, 0.5) is 20.5 Å². The number of aryl methyl sites for hydroxylation is 2. The fourth-order valence-corrected chi connectivity index (χ4v) is 5.76. The first-order valence-corrected chi connectivity index (χ1v) is 13.7. The van der Waals surface area contributed by atoms with Crippen LogP contribution < -0.4 is 5.32 Å². The number of imidazole rings is 1. The molecule has 1 N–H and O–H groups in total. The van der Waals surface area contributed by atoms with Gasteiger partial charge >= 0.3 is 0 Å². The number of alkyl halides is 1. The van der Waals surface area contributed by atoms with Crippen LogP contribution >= 0.6 is 0 Å². The SMILES string of the molecule is CN(C)C1CCN(Cc2ccc(Nc3ncc(F)c(-c4cc(CF)c5nc6n(c5c4)CCCC6)n3)nc2)CC1. The topological polar surface area (TPSA) is 75.0 Å². The highest BCUT2D eigenvalue weighted by Gasteiger charge is 2.22. The molecule has 8 nitrogen and oxygen atoms in total. The van der Waals surface area contributed by atoms with Crippen molar-refractivity contribution in [3.8, 4) is 11.3 Å². The van der Waals surface area contributed by atoms with Crippen molar-refractivity contribution in [1.82, 2.24) is 34.3 Å². The molecule has 1 aromatic carbocycles. The van der Waals surface area contributed by atoms with Gasteiger partial charge in [-0.05, 0) is 76.6 Å². The van der Waals surface area contributed by atoms with Crippen molar-refractivity contribution in [2.75, 3.05) is 32.5 Å². The summed E-state index contributed by atoms with van der Waals surface area (Å²) in [6, 6.07) is 8.09. The number of nitrogens with zero attached hydrogens (tertiary/aromatic N) is 7. The van der Waals surface area contributed by atoms with Crippen molar-refractivity contribution in [3.63, 3.8) is 0 Å². The van der Waals surface area contributed by atoms with Gasteiger partial charge in [-0.25, -0.2) is 28.7 Å². The summed E-state index contributed by atoms with van der Waals surface area (Å²) in [7, 11) is 4.30. The van der Waals surface area contributed by atoms with Gasteiger partial charge in [0.1, 0.15) is 24.0 Å². The van der Waals surface area contributed by atoms with Crippen LogP contribution in [0.3, 0.4) is 0 Å². The quantitative estimate of drug-likeness (QED) is 0.355. The first-order valence-electron chi connectivity index (χ1n) is 13.7. The number of benzene rings is 1. The maximum absolute atomic E-state index is 14.9. The van der Waals surface area contributed by atoms with E-state index in [1.807, 2.05) is 24.4 Å². The summed E-state index contributed by atoms with van der Waals surface area (Å²) in [5.41, 5.74) is 3.68. The number of hydrogen-bond donors (Lipinski definition) is 1. The van der Waals surface area contributed by atoms with Gasteiger partial charge in [0.15, 0.2) is 5.82 Å². The van der Waals surface area contributed by atoms with Gasteiger partial charge in [0, 0.05) is 42.9 Å². The van der Waals surface area contributed by atoms with E-state index in [0.717, 1.165) is 68.5 Å². The lowest BCUT2D eigenvalue weighted by molar-refractivity contribution is 0.140. The fraction of sp³-hybridized carbons (Fsp3) is 0.448. The molecule has 0 atom stereocenters. The second-order valence-corrected chi connectivity index (χ2v) is 10.8. The summed E-state index contributed by atoms with van der Waals surface area (Å²) in [4.78, 5) is 22.6. The highest BCUT2D eigenvalue weighted by atomic mass is 19.1. The van der Waals surface area contributed by atoms with Crippen LogP contribution in [0.15, 0.2) is 36.7 Å². The van der Waals surface area contributed by atoms with Gasteiger partial charge in [0.05, 0.1) is 17.2 Å². The van der Waals surface area contributed by atoms with Crippen LogP contribution in [0.1, 0.15) is 42.6 Å². The zero-order chi connectivity index (χ0) is 26.9. The Hall–Kier alpha value is -3.50. The molecule has 0 aliphatic carbocycles. The lowest BCUT2D eigenvalue weighted by atomic mass is 10.0. The standard InChI is InChI=1S/C29H34F2N8/c1-37(2)22-8-11-38(12-9-22)18-19-6-7-25(32-16-19)34-29-33-17-23(31)27(36-29)20-13-21(15-30)28-24(14-20)39-10-4-3-5-26(39)35-28/h6-7,13-14,16-17,22H,3-5,8-12,15,18H2,1-2H3,(H,32,33,34,36). The van der Waals surface area contributed by atoms with E-state index in [-0.39, 0.29) is 11.6 Å². The number of hydrogen-bond acceptors (Lipinski definition) is 7. The molecule has 0 bridgehead atoms. The van der Waals surface area contributed by atoms with Crippen molar-refractivity contribution < 1.29 is 8.78 Å². The van der Waals surface area contributed by atoms with Gasteiger partial charge in [0.2, 0.25) is 5.95 Å². The predicted molar refractivity (Wildman–Crippen MR) is 148 cm³/mol. The van der Waals surface area contributed by atoms with Crippen LogP contribution in [0, 0.1) is 5.82 Å². The molecular formula is C29H34F2N8. The molecule has 6 rings (SSSR count). The van der Waals surface area contributed by atoms with Crippen LogP contribution in [-0.2, 0) is 26.2 Å². The molecule has 0 unspecified atom stereocenters. The van der Waals surface area contributed by atoms with Crippen molar-refractivity contribution in [2.45, 2.75) is 57.9 Å². The van der Waals surface area contributed by atoms with Crippen LogP contribution in [-0.4, -0.2) is 67.5 Å². The average molecular weight is 533 g/mol. The van der Waals surface area contributed by atoms with Crippen LogP contribution in [0.2, 0.25) is 0 Å². The van der Waals surface area contributed by atoms with Crippen molar-refractivity contribution in [3.05, 3.63) is 59.4 Å². The zero-order valence-corrected chi connectivity index (χ0v) is 22.5. The minimum absolute atomic E-state index is 0.119. The lowest BCUT2D eigenvalue weighted by Gasteiger charge is -2.35. The summed E-state index contributed by atoms with van der Waals surface area (Å²) in [6.45, 7) is 3.17. The number of anilines is 2. The van der Waals surface area contributed by atoms with Gasteiger partial charge in [0.25, 0.3) is 0 Å². The molecule has 0 saturated carbocycles. The normalized spacial score (nSPS) is 16.6. The van der Waals surface area contributed by atoms with Gasteiger partial charge in [-0.2, -0.15) is 0 Å². The third-order valence-corrected chi connectivity index (χ3v) is 7.96. The Balaban J connectivity index is 1.20. The van der Waals surface area contributed by atoms with E-state index in [4.69, 9.17) is 0 Å². The molecule has 3 aromatic heterocycles. The molecule has 204 valence electrons. The maximum atomic E-state index is 14.9. The van der Waals surface area contributed by atoms with Crippen molar-refractivity contribution in [1.29, 1.82) is 0 Å². The Kier molecular flexibility index (Phi) is 7.22. The second kappa shape index (κ2) is 10.9. The molecule has 4 aromatic rings. The Morgan fingerprint density at radius 3 is 2.62 bits per heavy atom. The molecule has 0 spiro atoms. The average Bonchev–Trinajstić information content (AvgIpc) is 3.33. The van der Waals surface area contributed by atoms with Crippen molar-refractivity contribution in [2.24, 2.45) is 0 Å². The van der Waals surface area contributed by atoms with E-state index < -0.39 is 12.5 Å². The monoisotopic (exact) mass is 532 g/mol. The molecule has 0 amide bonds. The molecular weight excluding hydrogens is 498 g/mol. The van der Waals surface area contributed by atoms with Crippen LogP contribution in [0.25, 0.3) is 22.3 Å². The summed E-state index contributed by atoms with van der Waals surface area (Å²) < 4.78 is 31.1. The third-order valence-electron chi connectivity index (χ3n) is 7.96. The largest absolute Gasteiger partial charge is 0.328 e. The summed E-state index contributed by atoms with van der Waals surface area (Å²) in [6.07, 6.45) is 8.33. The first kappa shape index (κ1) is 25.8. The number of fused-ring (bicyclic) bond motifs is 3. The highest BCUT2D eigenvalue weighted by molar-refractivity contribution is 5.85. The summed E-state index contributed by atoms with van der Waals surface area (Å²) in [5, 5.41) is 3.09. The molecule has 0 radical (unpaired) electrons. The number of piperidine rings is 1. The highest BCUT2D eigenvalue weighted by Crippen LogP contribution is 2.32. The smallest absolute Gasteiger partial charge is 0.229 e. The molecule has 39 heavy (non-hydrogen) atoms. The van der Waals surface area contributed by atoms with Gasteiger partial charge in [-0.15, -0.1) is 0 Å². The number of rotatable bonds is 7. The second-order valence-electron chi connectivity index (χ2n) is 10.8. The molecule has 2 aliphatic rings. The van der Waals surface area contributed by atoms with E-state index in [1.165, 1.54) is 12.8 Å². The minimum atomic E-state index is -0.678. The third kappa shape index (κ3) is 5.35. The van der Waals surface area contributed by atoms with Gasteiger partial charge in [-0.3, -0.25) is 4.90 Å². The number of likely N-dealkylation sites (tertiary alicyclic amines) is 1. The Labute approximate surface area is 227 Å². The summed E-state index contributed by atoms with van der Waals surface area (Å²) in [5.74, 6) is 1.20. The molecule has 10 heteroatoms. The van der Waals surface area contributed by atoms with E-state index in [2.05, 4.69) is 53.7 Å². The summed E-state index contributed by atoms with van der Waals surface area (Å²) >= 11 is 0.